The number of esters is 1. The Balaban J connectivity index is 1.47. The number of benzene rings is 2. The Morgan fingerprint density at radius 3 is 2.50 bits per heavy atom. The van der Waals surface area contributed by atoms with Crippen LogP contribution in [0.15, 0.2) is 42.5 Å². The van der Waals surface area contributed by atoms with Crippen molar-refractivity contribution >= 4 is 23.5 Å². The molecule has 0 atom stereocenters. The molecular formula is C21H22N2O5. The van der Waals surface area contributed by atoms with E-state index in [2.05, 4.69) is 21.4 Å². The lowest BCUT2D eigenvalue weighted by Crippen LogP contribution is -2.30. The summed E-state index contributed by atoms with van der Waals surface area (Å²) in [7, 11) is 1.25. The van der Waals surface area contributed by atoms with Crippen molar-refractivity contribution in [2.45, 2.75) is 19.3 Å². The number of hydrogen-bond acceptors (Lipinski definition) is 5. The second-order valence-corrected chi connectivity index (χ2v) is 6.46. The SMILES string of the molecule is COC(=O)CNC(=O)c1ccc(NC(=O)COc2ccc3c(c2)CCC3)cc1. The van der Waals surface area contributed by atoms with Crippen LogP contribution < -0.4 is 15.4 Å². The average Bonchev–Trinajstić information content (AvgIpc) is 3.18. The molecule has 0 saturated carbocycles. The monoisotopic (exact) mass is 382 g/mol. The lowest BCUT2D eigenvalue weighted by atomic mass is 10.1. The fourth-order valence-electron chi connectivity index (χ4n) is 3.02. The lowest BCUT2D eigenvalue weighted by Gasteiger charge is -2.09. The van der Waals surface area contributed by atoms with Crippen molar-refractivity contribution in [1.29, 1.82) is 0 Å². The maximum atomic E-state index is 12.1. The van der Waals surface area contributed by atoms with Gasteiger partial charge in [0.05, 0.1) is 7.11 Å². The molecule has 0 fully saturated rings. The van der Waals surface area contributed by atoms with Crippen molar-refractivity contribution < 1.29 is 23.9 Å². The third-order valence-electron chi connectivity index (χ3n) is 4.49. The van der Waals surface area contributed by atoms with Crippen molar-refractivity contribution in [3.63, 3.8) is 0 Å². The molecule has 0 unspecified atom stereocenters. The number of anilines is 1. The predicted molar refractivity (Wildman–Crippen MR) is 103 cm³/mol. The van der Waals surface area contributed by atoms with Crippen molar-refractivity contribution in [2.75, 3.05) is 25.6 Å². The van der Waals surface area contributed by atoms with Gasteiger partial charge < -0.3 is 20.1 Å². The number of ether oxygens (including phenoxy) is 2. The van der Waals surface area contributed by atoms with Gasteiger partial charge in [0.25, 0.3) is 11.8 Å². The van der Waals surface area contributed by atoms with Crippen LogP contribution in [0.2, 0.25) is 0 Å². The first-order valence-corrected chi connectivity index (χ1v) is 9.04. The first kappa shape index (κ1) is 19.4. The minimum absolute atomic E-state index is 0.0971. The van der Waals surface area contributed by atoms with Crippen molar-refractivity contribution in [3.05, 3.63) is 59.2 Å². The van der Waals surface area contributed by atoms with Gasteiger partial charge in [0.15, 0.2) is 6.61 Å². The standard InChI is InChI=1S/C21H22N2O5/c1-27-20(25)12-22-21(26)15-5-8-17(9-6-15)23-19(24)13-28-18-10-7-14-3-2-4-16(14)11-18/h5-11H,2-4,12-13H2,1H3,(H,22,26)(H,23,24). The minimum Gasteiger partial charge on any atom is -0.484 e. The molecule has 7 heteroatoms. The summed E-state index contributed by atoms with van der Waals surface area (Å²) in [6.45, 7) is -0.298. The Morgan fingerprint density at radius 2 is 1.75 bits per heavy atom. The van der Waals surface area contributed by atoms with Gasteiger partial charge in [-0.25, -0.2) is 0 Å². The lowest BCUT2D eigenvalue weighted by molar-refractivity contribution is -0.139. The molecule has 0 spiro atoms. The summed E-state index contributed by atoms with van der Waals surface area (Å²) in [4.78, 5) is 35.0. The van der Waals surface area contributed by atoms with Crippen molar-refractivity contribution in [3.8, 4) is 5.75 Å². The first-order valence-electron chi connectivity index (χ1n) is 9.04. The van der Waals surface area contributed by atoms with E-state index in [9.17, 15) is 14.4 Å². The highest BCUT2D eigenvalue weighted by Gasteiger charge is 2.12. The molecule has 28 heavy (non-hydrogen) atoms. The molecule has 0 heterocycles. The molecule has 1 aliphatic carbocycles. The number of rotatable bonds is 7. The van der Waals surface area contributed by atoms with Crippen molar-refractivity contribution in [1.82, 2.24) is 5.32 Å². The minimum atomic E-state index is -0.527. The Hall–Kier alpha value is -3.35. The molecule has 0 aliphatic heterocycles. The summed E-state index contributed by atoms with van der Waals surface area (Å²) in [6.07, 6.45) is 3.32. The highest BCUT2D eigenvalue weighted by Crippen LogP contribution is 2.26. The topological polar surface area (TPSA) is 93.7 Å². The van der Waals surface area contributed by atoms with Gasteiger partial charge in [-0.3, -0.25) is 14.4 Å². The van der Waals surface area contributed by atoms with E-state index in [0.717, 1.165) is 19.3 Å². The summed E-state index contributed by atoms with van der Waals surface area (Å²) in [5, 5.41) is 5.17. The van der Waals surface area contributed by atoms with Crippen LogP contribution >= 0.6 is 0 Å². The predicted octanol–water partition coefficient (Wildman–Crippen LogP) is 2.10. The van der Waals surface area contributed by atoms with E-state index >= 15 is 0 Å². The van der Waals surface area contributed by atoms with Crippen LogP contribution in [0.3, 0.4) is 0 Å². The molecule has 0 radical (unpaired) electrons. The molecule has 1 aliphatic rings. The molecule has 2 N–H and O–H groups in total. The van der Waals surface area contributed by atoms with Crippen LogP contribution in [0.25, 0.3) is 0 Å². The van der Waals surface area contributed by atoms with E-state index in [-0.39, 0.29) is 19.1 Å². The molecule has 0 saturated heterocycles. The summed E-state index contributed by atoms with van der Waals surface area (Å²) in [6, 6.07) is 12.3. The van der Waals surface area contributed by atoms with Crippen LogP contribution in [0.5, 0.6) is 5.75 Å². The third kappa shape index (κ3) is 5.09. The number of fused-ring (bicyclic) bond motifs is 1. The average molecular weight is 382 g/mol. The molecule has 3 rings (SSSR count). The fourth-order valence-corrected chi connectivity index (χ4v) is 3.02. The second kappa shape index (κ2) is 9.03. The molecule has 146 valence electrons. The van der Waals surface area contributed by atoms with E-state index in [1.165, 1.54) is 18.2 Å². The van der Waals surface area contributed by atoms with E-state index in [1.807, 2.05) is 12.1 Å². The highest BCUT2D eigenvalue weighted by atomic mass is 16.5. The molecular weight excluding hydrogens is 360 g/mol. The zero-order valence-corrected chi connectivity index (χ0v) is 15.6. The summed E-state index contributed by atoms with van der Waals surface area (Å²) < 4.78 is 10.0. The van der Waals surface area contributed by atoms with Gasteiger partial charge in [-0.2, -0.15) is 0 Å². The van der Waals surface area contributed by atoms with Crippen LogP contribution in [-0.4, -0.2) is 38.0 Å². The molecule has 0 bridgehead atoms. The Morgan fingerprint density at radius 1 is 1.00 bits per heavy atom. The van der Waals surface area contributed by atoms with Crippen LogP contribution in [-0.2, 0) is 27.2 Å². The number of aryl methyl sites for hydroxylation is 2. The van der Waals surface area contributed by atoms with E-state index in [1.54, 1.807) is 24.3 Å². The van der Waals surface area contributed by atoms with Gasteiger partial charge >= 0.3 is 5.97 Å². The van der Waals surface area contributed by atoms with E-state index in [4.69, 9.17) is 4.74 Å². The molecule has 0 aromatic heterocycles. The summed E-state index contributed by atoms with van der Waals surface area (Å²) in [5.41, 5.74) is 3.56. The Labute approximate surface area is 163 Å². The quantitative estimate of drug-likeness (QED) is 0.716. The van der Waals surface area contributed by atoms with E-state index < -0.39 is 11.9 Å². The van der Waals surface area contributed by atoms with Gasteiger partial charge in [0.2, 0.25) is 0 Å². The van der Waals surface area contributed by atoms with Gasteiger partial charge in [-0.05, 0) is 66.8 Å². The normalized spacial score (nSPS) is 12.0. The van der Waals surface area contributed by atoms with Gasteiger partial charge in [-0.15, -0.1) is 0 Å². The van der Waals surface area contributed by atoms with E-state index in [0.29, 0.717) is 17.0 Å². The molecule has 2 aromatic rings. The Kier molecular flexibility index (Phi) is 6.26. The van der Waals surface area contributed by atoms with Gasteiger partial charge in [0, 0.05) is 11.3 Å². The third-order valence-corrected chi connectivity index (χ3v) is 4.49. The number of carbonyl (C=O) groups is 3. The zero-order chi connectivity index (χ0) is 19.9. The number of hydrogen-bond donors (Lipinski definition) is 2. The maximum absolute atomic E-state index is 12.1. The second-order valence-electron chi connectivity index (χ2n) is 6.46. The van der Waals surface area contributed by atoms with Crippen LogP contribution in [0.4, 0.5) is 5.69 Å². The van der Waals surface area contributed by atoms with Gasteiger partial charge in [-0.1, -0.05) is 6.07 Å². The smallest absolute Gasteiger partial charge is 0.325 e. The fraction of sp³-hybridized carbons (Fsp3) is 0.286. The van der Waals surface area contributed by atoms with Crippen LogP contribution in [0.1, 0.15) is 27.9 Å². The maximum Gasteiger partial charge on any atom is 0.325 e. The highest BCUT2D eigenvalue weighted by molar-refractivity contribution is 5.97. The number of amides is 2. The molecule has 7 nitrogen and oxygen atoms in total. The number of nitrogens with one attached hydrogen (secondary N) is 2. The molecule has 2 amide bonds. The van der Waals surface area contributed by atoms with Crippen molar-refractivity contribution in [2.24, 2.45) is 0 Å². The zero-order valence-electron chi connectivity index (χ0n) is 15.6. The largest absolute Gasteiger partial charge is 0.484 e. The summed E-state index contributed by atoms with van der Waals surface area (Å²) in [5.74, 6) is -0.527. The Bertz CT molecular complexity index is 877. The first-order chi connectivity index (χ1) is 13.5. The number of methoxy groups -OCH3 is 1. The van der Waals surface area contributed by atoms with Gasteiger partial charge in [0.1, 0.15) is 12.3 Å². The number of carbonyl (C=O) groups excluding carboxylic acids is 3. The van der Waals surface area contributed by atoms with Crippen LogP contribution in [0, 0.1) is 0 Å². The summed E-state index contributed by atoms with van der Waals surface area (Å²) >= 11 is 0. The molecule has 2 aromatic carbocycles.